The van der Waals surface area contributed by atoms with Crippen LogP contribution in [0.25, 0.3) is 0 Å². The molecule has 198 valence electrons. The molecule has 0 aromatic carbocycles. The van der Waals surface area contributed by atoms with Crippen LogP contribution in [-0.2, 0) is 14.3 Å². The highest BCUT2D eigenvalue weighted by Gasteiger charge is 2.57. The summed E-state index contributed by atoms with van der Waals surface area (Å²) in [6.45, 7) is 0.105. The first-order valence-electron chi connectivity index (χ1n) is 10.3. The maximum atomic E-state index is 12.7. The standard InChI is InChI=1S/C19H33NO13S/c1-7(34)16(29)19(32,17(30)14(28)11(26)5-22)6-18(31)3-9(24)12(20-8(2)23)15(33-18)13(27)10(25)4-21/h9-15,17,21-22,24-28,30-32H,3-6H2,1-2H3,(H,20,23)/t9-,10+,11+,12+,13+,14-,15+,17-,18-,19-/m0/s1. The lowest BCUT2D eigenvalue weighted by Gasteiger charge is -2.49. The van der Waals surface area contributed by atoms with Gasteiger partial charge in [0.05, 0.1) is 30.2 Å². The number of aliphatic hydroxyl groups is 10. The number of amides is 1. The van der Waals surface area contributed by atoms with E-state index in [1.54, 1.807) is 0 Å². The minimum atomic E-state index is -3.12. The van der Waals surface area contributed by atoms with Crippen LogP contribution in [0.3, 0.4) is 0 Å². The normalized spacial score (nSPS) is 31.5. The molecule has 1 aliphatic heterocycles. The minimum Gasteiger partial charge on any atom is -0.394 e. The maximum Gasteiger partial charge on any atom is 0.217 e. The molecule has 0 saturated carbocycles. The van der Waals surface area contributed by atoms with Crippen LogP contribution >= 0.6 is 12.2 Å². The average molecular weight is 516 g/mol. The monoisotopic (exact) mass is 515 g/mol. The maximum absolute atomic E-state index is 12.7. The molecule has 0 radical (unpaired) electrons. The van der Waals surface area contributed by atoms with Crippen molar-refractivity contribution >= 4 is 28.8 Å². The molecule has 0 aliphatic carbocycles. The summed E-state index contributed by atoms with van der Waals surface area (Å²) < 4.78 is 5.38. The van der Waals surface area contributed by atoms with Crippen LogP contribution in [0.2, 0.25) is 0 Å². The van der Waals surface area contributed by atoms with Crippen molar-refractivity contribution in [2.45, 2.75) is 86.8 Å². The first-order valence-corrected chi connectivity index (χ1v) is 10.7. The van der Waals surface area contributed by atoms with Crippen molar-refractivity contribution < 1.29 is 65.4 Å². The predicted molar refractivity (Wildman–Crippen MR) is 115 cm³/mol. The van der Waals surface area contributed by atoms with Gasteiger partial charge in [0.15, 0.2) is 11.4 Å². The minimum absolute atomic E-state index is 0.504. The molecule has 1 saturated heterocycles. The van der Waals surface area contributed by atoms with Crippen LogP contribution in [0.4, 0.5) is 0 Å². The first-order chi connectivity index (χ1) is 15.5. The Labute approximate surface area is 200 Å². The smallest absolute Gasteiger partial charge is 0.217 e. The van der Waals surface area contributed by atoms with Crippen molar-refractivity contribution in [2.75, 3.05) is 13.2 Å². The zero-order valence-corrected chi connectivity index (χ0v) is 19.4. The fourth-order valence-corrected chi connectivity index (χ4v) is 4.01. The van der Waals surface area contributed by atoms with Gasteiger partial charge in [0, 0.05) is 19.8 Å². The largest absolute Gasteiger partial charge is 0.394 e. The third kappa shape index (κ3) is 6.93. The molecule has 0 unspecified atom stereocenters. The van der Waals surface area contributed by atoms with Gasteiger partial charge in [-0.15, -0.1) is 0 Å². The Kier molecular flexibility index (Phi) is 11.0. The van der Waals surface area contributed by atoms with Crippen molar-refractivity contribution in [1.82, 2.24) is 5.32 Å². The fraction of sp³-hybridized carbons (Fsp3) is 0.842. The third-order valence-electron chi connectivity index (χ3n) is 5.59. The quantitative estimate of drug-likeness (QED) is 0.108. The Morgan fingerprint density at radius 3 is 2.09 bits per heavy atom. The summed E-state index contributed by atoms with van der Waals surface area (Å²) in [5.41, 5.74) is -3.12. The average Bonchev–Trinajstić information content (AvgIpc) is 2.76. The van der Waals surface area contributed by atoms with E-state index in [0.29, 0.717) is 0 Å². The van der Waals surface area contributed by atoms with Gasteiger partial charge in [0.25, 0.3) is 0 Å². The summed E-state index contributed by atoms with van der Waals surface area (Å²) in [6, 6.07) is -1.42. The molecule has 0 aromatic heterocycles. The van der Waals surface area contributed by atoms with E-state index in [0.717, 1.165) is 13.8 Å². The van der Waals surface area contributed by atoms with Crippen LogP contribution < -0.4 is 5.32 Å². The van der Waals surface area contributed by atoms with E-state index in [4.69, 9.17) is 27.2 Å². The zero-order valence-electron chi connectivity index (χ0n) is 18.6. The van der Waals surface area contributed by atoms with Crippen molar-refractivity contribution in [3.05, 3.63) is 0 Å². The number of carbonyl (C=O) groups excluding carboxylic acids is 2. The summed E-state index contributed by atoms with van der Waals surface area (Å²) >= 11 is 4.74. The van der Waals surface area contributed by atoms with Gasteiger partial charge in [-0.1, -0.05) is 12.2 Å². The highest BCUT2D eigenvalue weighted by molar-refractivity contribution is 7.82. The number of Topliss-reactive ketones (excluding diaryl/α,β-unsaturated/α-hetero) is 1. The summed E-state index contributed by atoms with van der Waals surface area (Å²) in [5, 5.41) is 103. The Bertz CT molecular complexity index is 741. The topological polar surface area (TPSA) is 258 Å². The number of carbonyl (C=O) groups is 2. The van der Waals surface area contributed by atoms with Gasteiger partial charge in [-0.2, -0.15) is 0 Å². The number of hydrogen-bond acceptors (Lipinski definition) is 14. The number of ketones is 1. The molecule has 1 amide bonds. The molecule has 14 nitrogen and oxygen atoms in total. The number of nitrogens with one attached hydrogen (secondary N) is 1. The highest BCUT2D eigenvalue weighted by Crippen LogP contribution is 2.38. The predicted octanol–water partition coefficient (Wildman–Crippen LogP) is -5.80. The lowest BCUT2D eigenvalue weighted by molar-refractivity contribution is -0.319. The molecular weight excluding hydrogens is 482 g/mol. The molecule has 34 heavy (non-hydrogen) atoms. The Morgan fingerprint density at radius 1 is 1.12 bits per heavy atom. The van der Waals surface area contributed by atoms with Crippen LogP contribution in [0.15, 0.2) is 0 Å². The van der Waals surface area contributed by atoms with Gasteiger partial charge >= 0.3 is 0 Å². The van der Waals surface area contributed by atoms with E-state index in [1.807, 2.05) is 0 Å². The number of hydrogen-bond donors (Lipinski definition) is 11. The van der Waals surface area contributed by atoms with Crippen LogP contribution in [0.5, 0.6) is 0 Å². The second kappa shape index (κ2) is 12.2. The molecule has 1 rings (SSSR count). The molecule has 0 spiro atoms. The summed E-state index contributed by atoms with van der Waals surface area (Å²) in [7, 11) is 0. The van der Waals surface area contributed by atoms with E-state index in [9.17, 15) is 50.4 Å². The van der Waals surface area contributed by atoms with E-state index in [1.165, 1.54) is 0 Å². The van der Waals surface area contributed by atoms with Crippen molar-refractivity contribution in [2.24, 2.45) is 0 Å². The molecule has 1 heterocycles. The Balaban J connectivity index is 3.44. The number of aliphatic hydroxyl groups excluding tert-OH is 8. The SMILES string of the molecule is CC(=O)N[C@H]1[C@H]([C@H](O)[C@H](O)CO)O[C@](O)(C[C@](O)(C(=O)C(C)=S)[C@@H](O)[C@@H](O)[C@H](O)CO)C[C@@H]1O. The lowest BCUT2D eigenvalue weighted by Crippen LogP contribution is -2.68. The second-order valence-corrected chi connectivity index (χ2v) is 9.05. The van der Waals surface area contributed by atoms with Gasteiger partial charge in [-0.25, -0.2) is 0 Å². The van der Waals surface area contributed by atoms with E-state index < -0.39 is 103 Å². The molecule has 0 aromatic rings. The Hall–Kier alpha value is -1.21. The highest BCUT2D eigenvalue weighted by atomic mass is 32.1. The Morgan fingerprint density at radius 2 is 1.65 bits per heavy atom. The van der Waals surface area contributed by atoms with Crippen LogP contribution in [-0.4, -0.2) is 141 Å². The number of rotatable bonds is 12. The van der Waals surface area contributed by atoms with Gasteiger partial charge in [0.1, 0.15) is 36.6 Å². The van der Waals surface area contributed by atoms with Crippen molar-refractivity contribution in [1.29, 1.82) is 0 Å². The third-order valence-corrected chi connectivity index (χ3v) is 5.78. The van der Waals surface area contributed by atoms with E-state index >= 15 is 0 Å². The summed E-state index contributed by atoms with van der Waals surface area (Å²) in [6.07, 6.45) is -16.3. The molecule has 11 N–H and O–H groups in total. The van der Waals surface area contributed by atoms with Gasteiger partial charge in [0.2, 0.25) is 11.7 Å². The van der Waals surface area contributed by atoms with E-state index in [-0.39, 0.29) is 0 Å². The van der Waals surface area contributed by atoms with Crippen molar-refractivity contribution in [3.63, 3.8) is 0 Å². The molecule has 10 atom stereocenters. The second-order valence-electron chi connectivity index (χ2n) is 8.44. The van der Waals surface area contributed by atoms with Gasteiger partial charge in [-0.05, 0) is 6.92 Å². The summed E-state index contributed by atoms with van der Waals surface area (Å²) in [4.78, 5) is 23.7. The fourth-order valence-electron chi connectivity index (χ4n) is 3.83. The van der Waals surface area contributed by atoms with E-state index in [2.05, 4.69) is 5.32 Å². The van der Waals surface area contributed by atoms with Crippen LogP contribution in [0.1, 0.15) is 26.7 Å². The zero-order chi connectivity index (χ0) is 26.6. The first kappa shape index (κ1) is 30.8. The summed E-state index contributed by atoms with van der Waals surface area (Å²) in [5.74, 6) is -4.79. The molecule has 15 heteroatoms. The van der Waals surface area contributed by atoms with Gasteiger partial charge < -0.3 is 61.1 Å². The van der Waals surface area contributed by atoms with Gasteiger partial charge in [-0.3, -0.25) is 9.59 Å². The number of ether oxygens (including phenoxy) is 1. The van der Waals surface area contributed by atoms with Crippen molar-refractivity contribution in [3.8, 4) is 0 Å². The molecule has 1 aliphatic rings. The number of thiocarbonyl (C=S) groups is 1. The molecular formula is C19H33NO13S. The lowest BCUT2D eigenvalue weighted by atomic mass is 9.77. The molecule has 0 bridgehead atoms. The van der Waals surface area contributed by atoms with Crippen LogP contribution in [0, 0.1) is 0 Å². The molecule has 1 fully saturated rings.